The van der Waals surface area contributed by atoms with Crippen LogP contribution in [0.1, 0.15) is 104 Å². The molecule has 7 aromatic carbocycles. The average Bonchev–Trinajstić information content (AvgIpc) is 3.90. The summed E-state index contributed by atoms with van der Waals surface area (Å²) in [5.74, 6) is 0. The van der Waals surface area contributed by atoms with Crippen LogP contribution in [-0.2, 0) is 21.7 Å². The van der Waals surface area contributed by atoms with E-state index in [1.54, 1.807) is 0 Å². The zero-order chi connectivity index (χ0) is 43.3. The van der Waals surface area contributed by atoms with Crippen LogP contribution in [0.5, 0.6) is 0 Å². The quantitative estimate of drug-likeness (QED) is 0.154. The van der Waals surface area contributed by atoms with E-state index < -0.39 is 0 Å². The second-order valence-corrected chi connectivity index (χ2v) is 23.5. The number of furan rings is 1. The summed E-state index contributed by atoms with van der Waals surface area (Å²) >= 11 is 1.90. The average molecular weight is 837 g/mol. The third-order valence-electron chi connectivity index (χ3n) is 15.5. The molecular formula is C58H53BN2OS. The van der Waals surface area contributed by atoms with Gasteiger partial charge in [-0.15, -0.1) is 11.3 Å². The van der Waals surface area contributed by atoms with Gasteiger partial charge >= 0.3 is 6.85 Å². The number of nitrogens with zero attached hydrogens (tertiary/aromatic N) is 2. The van der Waals surface area contributed by atoms with Gasteiger partial charge < -0.3 is 13.8 Å². The Balaban J connectivity index is 1.17. The molecule has 0 bridgehead atoms. The van der Waals surface area contributed by atoms with Crippen molar-refractivity contribution in [3.05, 3.63) is 138 Å². The zero-order valence-electron chi connectivity index (χ0n) is 38.2. The van der Waals surface area contributed by atoms with Crippen LogP contribution in [0.25, 0.3) is 80.7 Å². The molecule has 3 aliphatic rings. The molecule has 1 aliphatic carbocycles. The van der Waals surface area contributed by atoms with Crippen molar-refractivity contribution in [1.29, 1.82) is 0 Å². The second kappa shape index (κ2) is 12.1. The Morgan fingerprint density at radius 3 is 1.98 bits per heavy atom. The number of thiophene rings is 1. The fourth-order valence-electron chi connectivity index (χ4n) is 11.8. The summed E-state index contributed by atoms with van der Waals surface area (Å²) in [6.07, 6.45) is 2.35. The van der Waals surface area contributed by atoms with Gasteiger partial charge in [-0.1, -0.05) is 124 Å². The van der Waals surface area contributed by atoms with Crippen molar-refractivity contribution in [3.63, 3.8) is 0 Å². The molecule has 0 N–H and O–H groups in total. The number of hydrogen-bond donors (Lipinski definition) is 0. The predicted octanol–water partition coefficient (Wildman–Crippen LogP) is 15.2. The highest BCUT2D eigenvalue weighted by molar-refractivity contribution is 7.25. The summed E-state index contributed by atoms with van der Waals surface area (Å²) < 4.78 is 12.3. The minimum Gasteiger partial charge on any atom is -0.456 e. The predicted molar refractivity (Wildman–Crippen MR) is 273 cm³/mol. The van der Waals surface area contributed by atoms with Gasteiger partial charge in [-0.25, -0.2) is 0 Å². The first-order valence-corrected chi connectivity index (χ1v) is 23.8. The Morgan fingerprint density at radius 2 is 1.24 bits per heavy atom. The fourth-order valence-corrected chi connectivity index (χ4v) is 12.9. The van der Waals surface area contributed by atoms with Crippen LogP contribution in [0.3, 0.4) is 0 Å². The molecule has 10 aromatic rings. The third-order valence-corrected chi connectivity index (χ3v) is 16.7. The molecule has 0 radical (unpaired) electrons. The van der Waals surface area contributed by atoms with Gasteiger partial charge in [0.05, 0.1) is 11.0 Å². The van der Waals surface area contributed by atoms with Gasteiger partial charge in [-0.3, -0.25) is 0 Å². The fraction of sp³-hybridized carbons (Fsp3) is 0.276. The molecule has 5 heteroatoms. The Kier molecular flexibility index (Phi) is 7.23. The Morgan fingerprint density at radius 1 is 0.556 bits per heavy atom. The summed E-state index contributed by atoms with van der Waals surface area (Å²) in [5, 5.41) is 7.69. The van der Waals surface area contributed by atoms with Crippen molar-refractivity contribution in [2.45, 2.75) is 104 Å². The van der Waals surface area contributed by atoms with Gasteiger partial charge in [-0.05, 0) is 134 Å². The van der Waals surface area contributed by atoms with Gasteiger partial charge in [0.25, 0.3) is 0 Å². The maximum atomic E-state index is 7.01. The van der Waals surface area contributed by atoms with E-state index >= 15 is 0 Å². The molecule has 0 spiro atoms. The van der Waals surface area contributed by atoms with Crippen molar-refractivity contribution >= 4 is 104 Å². The van der Waals surface area contributed by atoms with Crippen LogP contribution in [0, 0.1) is 0 Å². The van der Waals surface area contributed by atoms with E-state index in [9.17, 15) is 0 Å². The smallest absolute Gasteiger partial charge is 0.333 e. The van der Waals surface area contributed by atoms with Crippen LogP contribution in [0.2, 0.25) is 0 Å². The summed E-state index contributed by atoms with van der Waals surface area (Å²) in [4.78, 5) is 2.69. The number of benzene rings is 7. The van der Waals surface area contributed by atoms with E-state index in [4.69, 9.17) is 4.42 Å². The van der Waals surface area contributed by atoms with E-state index in [1.165, 1.54) is 127 Å². The molecule has 0 saturated heterocycles. The Hall–Kier alpha value is -5.78. The first-order valence-electron chi connectivity index (χ1n) is 23.0. The van der Waals surface area contributed by atoms with Crippen LogP contribution in [-0.4, -0.2) is 11.4 Å². The second-order valence-electron chi connectivity index (χ2n) is 22.4. The van der Waals surface area contributed by atoms with Crippen LogP contribution in [0.15, 0.2) is 120 Å². The lowest BCUT2D eigenvalue weighted by Gasteiger charge is -2.42. The summed E-state index contributed by atoms with van der Waals surface area (Å²) in [5.41, 5.74) is 19.2. The molecule has 5 heterocycles. The maximum absolute atomic E-state index is 7.01. The van der Waals surface area contributed by atoms with Crippen LogP contribution in [0.4, 0.5) is 11.4 Å². The van der Waals surface area contributed by atoms with Crippen molar-refractivity contribution in [3.8, 4) is 16.8 Å². The lowest BCUT2D eigenvalue weighted by atomic mass is 9.43. The zero-order valence-corrected chi connectivity index (χ0v) is 39.0. The SMILES string of the molecule is CC(C)(C)c1ccc(N2B3c4cc(C(C)(C)C)ccc4-n4c5cc6c(cc5c5ccc(c3c54)-c3cc4oc5cc7c(cc5c4cc32)C(C)(C)CCC7(C)C)sc2ccccc26)cc1. The number of fused-ring (bicyclic) bond motifs is 15. The standard InChI is InChI=1S/C58H53BN2OS/c1-55(2,3)32-15-18-34(19-16-32)61-48-27-41-40-26-43-44(58(9,10)24-23-57(43,7)8)31-50(40)62-49(41)29-38(48)36-20-21-37-39-30-52-42(35-13-11-12-14-51(35)63-52)28-47(39)60-46-22-17-33(56(4,5)6)25-45(46)59(61)53(36)54(37)60/h11-22,25-31H,23-24H2,1-10H3. The van der Waals surface area contributed by atoms with Gasteiger partial charge in [-0.2, -0.15) is 0 Å². The molecule has 2 aliphatic heterocycles. The minimum atomic E-state index is -0.0594. The molecule has 0 unspecified atom stereocenters. The van der Waals surface area contributed by atoms with Gasteiger partial charge in [0.1, 0.15) is 11.2 Å². The van der Waals surface area contributed by atoms with E-state index in [2.05, 4.69) is 194 Å². The molecule has 0 saturated carbocycles. The van der Waals surface area contributed by atoms with Crippen molar-refractivity contribution in [2.24, 2.45) is 0 Å². The summed E-state index contributed by atoms with van der Waals surface area (Å²) in [6, 6.07) is 45.2. The molecule has 63 heavy (non-hydrogen) atoms. The van der Waals surface area contributed by atoms with E-state index in [0.717, 1.165) is 11.2 Å². The molecule has 3 nitrogen and oxygen atoms in total. The molecular weight excluding hydrogens is 784 g/mol. The largest absolute Gasteiger partial charge is 0.456 e. The lowest BCUT2D eigenvalue weighted by molar-refractivity contribution is 0.332. The topological polar surface area (TPSA) is 21.3 Å². The van der Waals surface area contributed by atoms with Crippen LogP contribution >= 0.6 is 11.3 Å². The number of anilines is 2. The minimum absolute atomic E-state index is 0.0280. The summed E-state index contributed by atoms with van der Waals surface area (Å²) in [6.45, 7) is 23.6. The first kappa shape index (κ1) is 37.8. The maximum Gasteiger partial charge on any atom is 0.333 e. The number of aromatic nitrogens is 1. The van der Waals surface area contributed by atoms with Crippen molar-refractivity contribution < 1.29 is 4.42 Å². The van der Waals surface area contributed by atoms with E-state index in [1.807, 2.05) is 11.3 Å². The highest BCUT2D eigenvalue weighted by Crippen LogP contribution is 2.52. The highest BCUT2D eigenvalue weighted by Gasteiger charge is 2.45. The molecule has 13 rings (SSSR count). The molecule has 0 atom stereocenters. The number of rotatable bonds is 1. The van der Waals surface area contributed by atoms with Gasteiger partial charge in [0.15, 0.2) is 0 Å². The van der Waals surface area contributed by atoms with Crippen LogP contribution < -0.4 is 15.7 Å². The lowest BCUT2D eigenvalue weighted by Crippen LogP contribution is -2.60. The summed E-state index contributed by atoms with van der Waals surface area (Å²) in [7, 11) is 0. The molecule has 310 valence electrons. The number of hydrogen-bond acceptors (Lipinski definition) is 3. The van der Waals surface area contributed by atoms with Crippen molar-refractivity contribution in [2.75, 3.05) is 4.81 Å². The molecule has 0 amide bonds. The first-order chi connectivity index (χ1) is 30.0. The van der Waals surface area contributed by atoms with Crippen molar-refractivity contribution in [1.82, 2.24) is 4.57 Å². The normalized spacial score (nSPS) is 16.5. The molecule has 0 fully saturated rings. The van der Waals surface area contributed by atoms with Gasteiger partial charge in [0.2, 0.25) is 0 Å². The van der Waals surface area contributed by atoms with E-state index in [0.29, 0.717) is 0 Å². The van der Waals surface area contributed by atoms with Gasteiger partial charge in [0, 0.05) is 64.3 Å². The Labute approximate surface area is 374 Å². The monoisotopic (exact) mass is 836 g/mol. The van der Waals surface area contributed by atoms with E-state index in [-0.39, 0.29) is 28.5 Å². The third kappa shape index (κ3) is 5.09. The highest BCUT2D eigenvalue weighted by atomic mass is 32.1. The molecule has 3 aromatic heterocycles. The Bertz CT molecular complexity index is 3650.